The second-order valence-electron chi connectivity index (χ2n) is 4.99. The minimum Gasteiger partial charge on any atom is -0.298 e. The SMILES string of the molecule is CN(Cc1ccc(-c2ccn[nH]2)s1)C1CCSCC1. The van der Waals surface area contributed by atoms with Gasteiger partial charge in [-0.05, 0) is 49.6 Å². The largest absolute Gasteiger partial charge is 0.298 e. The summed E-state index contributed by atoms with van der Waals surface area (Å²) < 4.78 is 0. The zero-order valence-corrected chi connectivity index (χ0v) is 12.8. The van der Waals surface area contributed by atoms with Gasteiger partial charge in [0.15, 0.2) is 0 Å². The number of hydrogen-bond donors (Lipinski definition) is 1. The van der Waals surface area contributed by atoms with Gasteiger partial charge in [0, 0.05) is 23.7 Å². The molecule has 1 aliphatic heterocycles. The van der Waals surface area contributed by atoms with Gasteiger partial charge in [-0.25, -0.2) is 0 Å². The van der Waals surface area contributed by atoms with E-state index in [1.54, 1.807) is 6.20 Å². The second kappa shape index (κ2) is 6.11. The summed E-state index contributed by atoms with van der Waals surface area (Å²) >= 11 is 3.95. The van der Waals surface area contributed by atoms with Crippen molar-refractivity contribution in [2.24, 2.45) is 0 Å². The number of thiophene rings is 1. The molecule has 1 N–H and O–H groups in total. The molecule has 102 valence electrons. The summed E-state index contributed by atoms with van der Waals surface area (Å²) in [5.74, 6) is 2.64. The number of nitrogens with one attached hydrogen (secondary N) is 1. The molecule has 3 nitrogen and oxygen atoms in total. The number of nitrogens with zero attached hydrogens (tertiary/aromatic N) is 2. The molecule has 0 radical (unpaired) electrons. The lowest BCUT2D eigenvalue weighted by Crippen LogP contribution is -2.33. The van der Waals surface area contributed by atoms with E-state index in [9.17, 15) is 0 Å². The molecule has 0 aliphatic carbocycles. The molecule has 19 heavy (non-hydrogen) atoms. The number of thioether (sulfide) groups is 1. The second-order valence-corrected chi connectivity index (χ2v) is 7.39. The fraction of sp³-hybridized carbons (Fsp3) is 0.500. The maximum Gasteiger partial charge on any atom is 0.0749 e. The van der Waals surface area contributed by atoms with Crippen LogP contribution in [0.3, 0.4) is 0 Å². The van der Waals surface area contributed by atoms with Crippen molar-refractivity contribution < 1.29 is 0 Å². The topological polar surface area (TPSA) is 31.9 Å². The molecule has 1 saturated heterocycles. The van der Waals surface area contributed by atoms with E-state index in [4.69, 9.17) is 0 Å². The average Bonchev–Trinajstić information content (AvgIpc) is 3.10. The Labute approximate surface area is 122 Å². The monoisotopic (exact) mass is 293 g/mol. The highest BCUT2D eigenvalue weighted by Gasteiger charge is 2.18. The maximum absolute atomic E-state index is 4.01. The molecule has 0 saturated carbocycles. The summed E-state index contributed by atoms with van der Waals surface area (Å²) in [7, 11) is 2.26. The number of hydrogen-bond acceptors (Lipinski definition) is 4. The lowest BCUT2D eigenvalue weighted by atomic mass is 10.1. The Morgan fingerprint density at radius 1 is 1.32 bits per heavy atom. The van der Waals surface area contributed by atoms with Crippen molar-refractivity contribution in [1.29, 1.82) is 0 Å². The van der Waals surface area contributed by atoms with Crippen LogP contribution in [0.2, 0.25) is 0 Å². The summed E-state index contributed by atoms with van der Waals surface area (Å²) in [6.45, 7) is 1.06. The summed E-state index contributed by atoms with van der Waals surface area (Å²) in [5.41, 5.74) is 1.12. The Morgan fingerprint density at radius 3 is 2.89 bits per heavy atom. The van der Waals surface area contributed by atoms with Gasteiger partial charge in [0.1, 0.15) is 0 Å². The minimum absolute atomic E-state index is 0.763. The quantitative estimate of drug-likeness (QED) is 0.937. The molecule has 0 bridgehead atoms. The van der Waals surface area contributed by atoms with Crippen molar-refractivity contribution >= 4 is 23.1 Å². The van der Waals surface area contributed by atoms with Crippen LogP contribution in [0.1, 0.15) is 17.7 Å². The number of rotatable bonds is 4. The molecule has 2 aromatic rings. The third kappa shape index (κ3) is 3.22. The zero-order chi connectivity index (χ0) is 13.1. The molecular formula is C14H19N3S2. The molecule has 2 aromatic heterocycles. The first-order valence-electron chi connectivity index (χ1n) is 6.69. The predicted molar refractivity (Wildman–Crippen MR) is 83.7 cm³/mol. The molecule has 3 heterocycles. The summed E-state index contributed by atoms with van der Waals surface area (Å²) in [4.78, 5) is 5.23. The van der Waals surface area contributed by atoms with Gasteiger partial charge in [-0.3, -0.25) is 10.00 Å². The van der Waals surface area contributed by atoms with E-state index >= 15 is 0 Å². The summed E-state index contributed by atoms with van der Waals surface area (Å²) in [6, 6.07) is 7.23. The van der Waals surface area contributed by atoms with Crippen LogP contribution < -0.4 is 0 Å². The lowest BCUT2D eigenvalue weighted by molar-refractivity contribution is 0.223. The minimum atomic E-state index is 0.763. The number of aromatic amines is 1. The van der Waals surface area contributed by atoms with E-state index < -0.39 is 0 Å². The van der Waals surface area contributed by atoms with Gasteiger partial charge in [0.2, 0.25) is 0 Å². The van der Waals surface area contributed by atoms with E-state index in [0.717, 1.165) is 18.3 Å². The highest BCUT2D eigenvalue weighted by atomic mass is 32.2. The third-order valence-electron chi connectivity index (χ3n) is 3.65. The molecule has 1 aliphatic rings. The van der Waals surface area contributed by atoms with Crippen molar-refractivity contribution in [3.63, 3.8) is 0 Å². The molecule has 1 fully saturated rings. The van der Waals surface area contributed by atoms with Crippen LogP contribution in [0.15, 0.2) is 24.4 Å². The van der Waals surface area contributed by atoms with E-state index in [1.807, 2.05) is 17.4 Å². The van der Waals surface area contributed by atoms with Gasteiger partial charge < -0.3 is 0 Å². The van der Waals surface area contributed by atoms with Crippen LogP contribution in [0, 0.1) is 0 Å². The molecular weight excluding hydrogens is 274 g/mol. The van der Waals surface area contributed by atoms with Gasteiger partial charge in [-0.2, -0.15) is 16.9 Å². The average molecular weight is 293 g/mol. The van der Waals surface area contributed by atoms with Crippen LogP contribution in [0.4, 0.5) is 0 Å². The van der Waals surface area contributed by atoms with Gasteiger partial charge in [-0.15, -0.1) is 11.3 Å². The lowest BCUT2D eigenvalue weighted by Gasteiger charge is -2.30. The molecule has 3 rings (SSSR count). The van der Waals surface area contributed by atoms with Crippen LogP contribution in [0.25, 0.3) is 10.6 Å². The van der Waals surface area contributed by atoms with Gasteiger partial charge in [0.25, 0.3) is 0 Å². The van der Waals surface area contributed by atoms with Crippen LogP contribution in [-0.2, 0) is 6.54 Å². The van der Waals surface area contributed by atoms with Crippen molar-refractivity contribution in [2.75, 3.05) is 18.6 Å². The Morgan fingerprint density at radius 2 is 2.16 bits per heavy atom. The van der Waals surface area contributed by atoms with Gasteiger partial charge >= 0.3 is 0 Å². The fourth-order valence-electron chi connectivity index (χ4n) is 2.50. The Kier molecular flexibility index (Phi) is 4.25. The van der Waals surface area contributed by atoms with E-state index in [2.05, 4.69) is 46.0 Å². The molecule has 5 heteroatoms. The zero-order valence-electron chi connectivity index (χ0n) is 11.1. The molecule has 0 aromatic carbocycles. The maximum atomic E-state index is 4.01. The Bertz CT molecular complexity index is 501. The molecule has 0 atom stereocenters. The van der Waals surface area contributed by atoms with E-state index in [-0.39, 0.29) is 0 Å². The normalized spacial score (nSPS) is 17.2. The molecule has 0 spiro atoms. The van der Waals surface area contributed by atoms with Gasteiger partial charge in [0.05, 0.1) is 10.6 Å². The molecule has 0 unspecified atom stereocenters. The highest BCUT2D eigenvalue weighted by Crippen LogP contribution is 2.28. The van der Waals surface area contributed by atoms with E-state index in [1.165, 1.54) is 34.1 Å². The van der Waals surface area contributed by atoms with Crippen molar-refractivity contribution in [2.45, 2.75) is 25.4 Å². The smallest absolute Gasteiger partial charge is 0.0749 e. The highest BCUT2D eigenvalue weighted by molar-refractivity contribution is 7.99. The number of aromatic nitrogens is 2. The van der Waals surface area contributed by atoms with Crippen molar-refractivity contribution in [3.8, 4) is 10.6 Å². The molecule has 0 amide bonds. The Balaban J connectivity index is 1.63. The third-order valence-corrected chi connectivity index (χ3v) is 5.80. The van der Waals surface area contributed by atoms with Crippen LogP contribution >= 0.6 is 23.1 Å². The summed E-state index contributed by atoms with van der Waals surface area (Å²) in [5, 5.41) is 7.04. The standard InChI is InChI=1S/C14H19N3S2/c1-17(11-5-8-18-9-6-11)10-12-2-3-14(19-12)13-4-7-15-16-13/h2-4,7,11H,5-6,8-10H2,1H3,(H,15,16). The van der Waals surface area contributed by atoms with Crippen LogP contribution in [-0.4, -0.2) is 39.7 Å². The van der Waals surface area contributed by atoms with E-state index in [0.29, 0.717) is 0 Å². The first-order valence-corrected chi connectivity index (χ1v) is 8.66. The van der Waals surface area contributed by atoms with Crippen molar-refractivity contribution in [1.82, 2.24) is 15.1 Å². The predicted octanol–water partition coefficient (Wildman–Crippen LogP) is 3.47. The Hall–Kier alpha value is -0.780. The first kappa shape index (κ1) is 13.2. The number of H-pyrrole nitrogens is 1. The fourth-order valence-corrected chi connectivity index (χ4v) is 4.63. The first-order chi connectivity index (χ1) is 9.33. The van der Waals surface area contributed by atoms with Crippen LogP contribution in [0.5, 0.6) is 0 Å². The van der Waals surface area contributed by atoms with Crippen molar-refractivity contribution in [3.05, 3.63) is 29.3 Å². The van der Waals surface area contributed by atoms with Gasteiger partial charge in [-0.1, -0.05) is 0 Å². The summed E-state index contributed by atoms with van der Waals surface area (Å²) in [6.07, 6.45) is 4.47.